The van der Waals surface area contributed by atoms with Gasteiger partial charge in [0.25, 0.3) is 0 Å². The summed E-state index contributed by atoms with van der Waals surface area (Å²) in [5.74, 6) is 0.886. The van der Waals surface area contributed by atoms with Crippen LogP contribution in [0.15, 0.2) is 46.4 Å². The summed E-state index contributed by atoms with van der Waals surface area (Å²) in [6, 6.07) is 9.69. The molecule has 90 valence electrons. The second-order valence-corrected chi connectivity index (χ2v) is 4.87. The van der Waals surface area contributed by atoms with Crippen molar-refractivity contribution in [1.82, 2.24) is 4.98 Å². The first-order valence-corrected chi connectivity index (χ1v) is 6.48. The van der Waals surface area contributed by atoms with Crippen molar-refractivity contribution in [2.45, 2.75) is 6.92 Å². The largest absolute Gasteiger partial charge is 0.469 e. The summed E-state index contributed by atoms with van der Waals surface area (Å²) < 4.78 is 5.30. The molecule has 0 unspecified atom stereocenters. The average Bonchev–Trinajstić information content (AvgIpc) is 2.98. The first kappa shape index (κ1) is 11.0. The number of nitrogens with zero attached hydrogens (tertiary/aromatic N) is 1. The molecule has 0 aliphatic rings. The van der Waals surface area contributed by atoms with Crippen LogP contribution in [0.5, 0.6) is 0 Å². The van der Waals surface area contributed by atoms with Crippen molar-refractivity contribution in [3.8, 4) is 21.8 Å². The molecule has 0 atom stereocenters. The number of anilines is 1. The van der Waals surface area contributed by atoms with Crippen LogP contribution in [0.4, 0.5) is 5.69 Å². The first-order chi connectivity index (χ1) is 8.75. The molecule has 18 heavy (non-hydrogen) atoms. The van der Waals surface area contributed by atoms with Crippen LogP contribution >= 0.6 is 11.3 Å². The van der Waals surface area contributed by atoms with E-state index in [-0.39, 0.29) is 0 Å². The molecule has 0 saturated carbocycles. The predicted molar refractivity (Wildman–Crippen MR) is 74.4 cm³/mol. The number of benzene rings is 1. The van der Waals surface area contributed by atoms with Crippen LogP contribution in [-0.2, 0) is 0 Å². The van der Waals surface area contributed by atoms with Crippen molar-refractivity contribution in [3.05, 3.63) is 47.7 Å². The van der Waals surface area contributed by atoms with Crippen LogP contribution in [0.3, 0.4) is 0 Å². The Bertz CT molecular complexity index is 684. The van der Waals surface area contributed by atoms with Gasteiger partial charge in [-0.15, -0.1) is 11.3 Å². The van der Waals surface area contributed by atoms with Gasteiger partial charge in [0.05, 0.1) is 17.5 Å². The molecule has 0 aliphatic heterocycles. The van der Waals surface area contributed by atoms with Gasteiger partial charge in [-0.05, 0) is 19.1 Å². The van der Waals surface area contributed by atoms with Crippen molar-refractivity contribution < 1.29 is 4.42 Å². The van der Waals surface area contributed by atoms with Gasteiger partial charge in [0.2, 0.25) is 0 Å². The Labute approximate surface area is 109 Å². The molecule has 0 saturated heterocycles. The van der Waals surface area contributed by atoms with E-state index >= 15 is 0 Å². The van der Waals surface area contributed by atoms with Gasteiger partial charge in [0, 0.05) is 16.6 Å². The Morgan fingerprint density at radius 3 is 2.72 bits per heavy atom. The quantitative estimate of drug-likeness (QED) is 0.706. The number of hydrogen-bond acceptors (Lipinski definition) is 4. The summed E-state index contributed by atoms with van der Waals surface area (Å²) in [4.78, 5) is 4.62. The van der Waals surface area contributed by atoms with Gasteiger partial charge in [-0.1, -0.05) is 18.2 Å². The maximum absolute atomic E-state index is 5.96. The Kier molecular flexibility index (Phi) is 2.64. The van der Waals surface area contributed by atoms with Crippen LogP contribution in [-0.4, -0.2) is 4.98 Å². The summed E-state index contributed by atoms with van der Waals surface area (Å²) >= 11 is 1.60. The van der Waals surface area contributed by atoms with Crippen molar-refractivity contribution >= 4 is 17.0 Å². The number of nitrogen functional groups attached to an aromatic ring is 1. The fourth-order valence-electron chi connectivity index (χ4n) is 1.86. The minimum Gasteiger partial charge on any atom is -0.469 e. The zero-order chi connectivity index (χ0) is 12.5. The van der Waals surface area contributed by atoms with Gasteiger partial charge >= 0.3 is 0 Å². The SMILES string of the molecule is Cc1occc1-c1nc(-c2ccccc2N)cs1. The Balaban J connectivity index is 2.05. The highest BCUT2D eigenvalue weighted by Crippen LogP contribution is 2.33. The van der Waals surface area contributed by atoms with E-state index in [9.17, 15) is 0 Å². The molecule has 0 amide bonds. The number of rotatable bonds is 2. The normalized spacial score (nSPS) is 10.7. The second kappa shape index (κ2) is 4.31. The maximum Gasteiger partial charge on any atom is 0.127 e. The number of para-hydroxylation sites is 1. The molecule has 0 spiro atoms. The van der Waals surface area contributed by atoms with E-state index in [4.69, 9.17) is 10.2 Å². The number of thiazole rings is 1. The topological polar surface area (TPSA) is 52.0 Å². The lowest BCUT2D eigenvalue weighted by molar-refractivity contribution is 0.535. The summed E-state index contributed by atoms with van der Waals surface area (Å²) in [6.45, 7) is 1.94. The summed E-state index contributed by atoms with van der Waals surface area (Å²) in [5.41, 5.74) is 9.63. The summed E-state index contributed by atoms with van der Waals surface area (Å²) in [5, 5.41) is 2.98. The zero-order valence-electron chi connectivity index (χ0n) is 9.88. The molecule has 2 aromatic heterocycles. The molecule has 3 aromatic rings. The molecule has 0 fully saturated rings. The van der Waals surface area contributed by atoms with Crippen LogP contribution in [0.25, 0.3) is 21.8 Å². The van der Waals surface area contributed by atoms with E-state index in [1.807, 2.05) is 42.6 Å². The van der Waals surface area contributed by atoms with Crippen LogP contribution in [0, 0.1) is 6.92 Å². The van der Waals surface area contributed by atoms with Crippen molar-refractivity contribution in [2.75, 3.05) is 5.73 Å². The van der Waals surface area contributed by atoms with E-state index in [2.05, 4.69) is 4.98 Å². The molecule has 0 bridgehead atoms. The molecule has 2 heterocycles. The fraction of sp³-hybridized carbons (Fsp3) is 0.0714. The molecular formula is C14H12N2OS. The lowest BCUT2D eigenvalue weighted by Crippen LogP contribution is -1.89. The van der Waals surface area contributed by atoms with E-state index < -0.39 is 0 Å². The van der Waals surface area contributed by atoms with Gasteiger partial charge in [-0.3, -0.25) is 0 Å². The van der Waals surface area contributed by atoms with Gasteiger partial charge in [0.15, 0.2) is 0 Å². The van der Waals surface area contributed by atoms with Crippen molar-refractivity contribution in [1.29, 1.82) is 0 Å². The Morgan fingerprint density at radius 2 is 2.00 bits per heavy atom. The average molecular weight is 256 g/mol. The van der Waals surface area contributed by atoms with Crippen LogP contribution in [0.2, 0.25) is 0 Å². The maximum atomic E-state index is 5.96. The molecule has 1 aromatic carbocycles. The molecule has 0 radical (unpaired) electrons. The Hall–Kier alpha value is -2.07. The van der Waals surface area contributed by atoms with Gasteiger partial charge in [-0.2, -0.15) is 0 Å². The monoisotopic (exact) mass is 256 g/mol. The molecule has 3 nitrogen and oxygen atoms in total. The number of aryl methyl sites for hydroxylation is 1. The standard InChI is InChI=1S/C14H12N2OS/c1-9-10(6-7-17-9)14-16-13(8-18-14)11-4-2-3-5-12(11)15/h2-8H,15H2,1H3. The van der Waals surface area contributed by atoms with Gasteiger partial charge in [0.1, 0.15) is 10.8 Å². The van der Waals surface area contributed by atoms with E-state index in [1.165, 1.54) is 0 Å². The first-order valence-electron chi connectivity index (χ1n) is 5.60. The Morgan fingerprint density at radius 1 is 1.17 bits per heavy atom. The third kappa shape index (κ3) is 1.80. The van der Waals surface area contributed by atoms with Crippen molar-refractivity contribution in [3.63, 3.8) is 0 Å². The number of nitrogens with two attached hydrogens (primary N) is 1. The molecule has 4 heteroatoms. The minimum atomic E-state index is 0.748. The van der Waals surface area contributed by atoms with E-state index in [0.29, 0.717) is 0 Å². The van der Waals surface area contributed by atoms with Gasteiger partial charge < -0.3 is 10.2 Å². The molecule has 0 aliphatic carbocycles. The molecule has 3 rings (SSSR count). The van der Waals surface area contributed by atoms with E-state index in [1.54, 1.807) is 17.6 Å². The number of aromatic nitrogens is 1. The number of furan rings is 1. The highest BCUT2D eigenvalue weighted by molar-refractivity contribution is 7.13. The van der Waals surface area contributed by atoms with Crippen molar-refractivity contribution in [2.24, 2.45) is 0 Å². The predicted octanol–water partition coefficient (Wildman–Crippen LogP) is 3.96. The fourth-order valence-corrected chi connectivity index (χ4v) is 2.75. The highest BCUT2D eigenvalue weighted by Gasteiger charge is 2.11. The smallest absolute Gasteiger partial charge is 0.127 e. The molecule has 2 N–H and O–H groups in total. The highest BCUT2D eigenvalue weighted by atomic mass is 32.1. The number of hydrogen-bond donors (Lipinski definition) is 1. The lowest BCUT2D eigenvalue weighted by atomic mass is 10.1. The minimum absolute atomic E-state index is 0.748. The van der Waals surface area contributed by atoms with Gasteiger partial charge in [-0.25, -0.2) is 4.98 Å². The van der Waals surface area contributed by atoms with Crippen LogP contribution < -0.4 is 5.73 Å². The van der Waals surface area contributed by atoms with Crippen LogP contribution in [0.1, 0.15) is 5.76 Å². The second-order valence-electron chi connectivity index (χ2n) is 4.02. The summed E-state index contributed by atoms with van der Waals surface area (Å²) in [7, 11) is 0. The third-order valence-electron chi connectivity index (χ3n) is 2.83. The van der Waals surface area contributed by atoms with E-state index in [0.717, 1.165) is 33.3 Å². The summed E-state index contributed by atoms with van der Waals surface area (Å²) in [6.07, 6.45) is 1.68. The molecular weight excluding hydrogens is 244 g/mol. The third-order valence-corrected chi connectivity index (χ3v) is 3.71. The zero-order valence-corrected chi connectivity index (χ0v) is 10.7. The lowest BCUT2D eigenvalue weighted by Gasteiger charge is -2.00.